The molecule has 0 aliphatic carbocycles. The van der Waals surface area contributed by atoms with Crippen molar-refractivity contribution in [3.8, 4) is 0 Å². The number of carboxylic acids is 1. The lowest BCUT2D eigenvalue weighted by Crippen LogP contribution is -2.16. The monoisotopic (exact) mass is 142 g/mol. The number of allylic oxidation sites excluding steroid dienone is 1. The van der Waals surface area contributed by atoms with E-state index >= 15 is 0 Å². The van der Waals surface area contributed by atoms with E-state index in [0.29, 0.717) is 0 Å². The molecule has 0 saturated carbocycles. The summed E-state index contributed by atoms with van der Waals surface area (Å²) in [6, 6.07) is 0. The van der Waals surface area contributed by atoms with Gasteiger partial charge in [-0.1, -0.05) is 6.08 Å². The normalized spacial score (nSPS) is 8.40. The smallest absolute Gasteiger partial charge is 0.335 e. The highest BCUT2D eigenvalue weighted by atomic mass is 16.4. The van der Waals surface area contributed by atoms with Crippen LogP contribution < -0.4 is 11.5 Å². The number of hydrogen-bond donors (Lipinski definition) is 3. The molecule has 0 aliphatic heterocycles. The van der Waals surface area contributed by atoms with Gasteiger partial charge in [-0.25, -0.2) is 4.79 Å². The first-order valence-corrected chi connectivity index (χ1v) is 2.68. The Bertz CT molecular complexity index is 180. The molecule has 0 aliphatic rings. The molecule has 0 unspecified atom stereocenters. The Morgan fingerprint density at radius 2 is 2.10 bits per heavy atom. The summed E-state index contributed by atoms with van der Waals surface area (Å²) in [5.41, 5.74) is 10.1. The van der Waals surface area contributed by atoms with Crippen molar-refractivity contribution in [2.24, 2.45) is 11.5 Å². The molecule has 0 bridgehead atoms. The molecule has 0 fully saturated rings. The first kappa shape index (κ1) is 8.55. The van der Waals surface area contributed by atoms with Crippen molar-refractivity contribution in [2.45, 2.75) is 6.42 Å². The molecule has 4 nitrogen and oxygen atoms in total. The highest BCUT2D eigenvalue weighted by molar-refractivity contribution is 5.87. The van der Waals surface area contributed by atoms with Crippen LogP contribution in [-0.4, -0.2) is 11.1 Å². The Hall–Kier alpha value is -1.45. The van der Waals surface area contributed by atoms with Crippen LogP contribution in [0.5, 0.6) is 0 Å². The standard InChI is InChI=1S/C6H10N2O2/c1-2-3-4(5(7)8)6(9)10/h2H,1,3,7-8H2,(H,9,10). The van der Waals surface area contributed by atoms with Gasteiger partial charge >= 0.3 is 5.97 Å². The van der Waals surface area contributed by atoms with Gasteiger partial charge in [-0.15, -0.1) is 6.58 Å². The van der Waals surface area contributed by atoms with Crippen LogP contribution in [0.4, 0.5) is 0 Å². The van der Waals surface area contributed by atoms with Gasteiger partial charge in [0, 0.05) is 6.42 Å². The fourth-order valence-corrected chi connectivity index (χ4v) is 0.473. The Kier molecular flexibility index (Phi) is 3.04. The van der Waals surface area contributed by atoms with Crippen molar-refractivity contribution in [3.63, 3.8) is 0 Å². The third-order valence-corrected chi connectivity index (χ3v) is 0.955. The molecule has 56 valence electrons. The number of nitrogens with two attached hydrogens (primary N) is 2. The van der Waals surface area contributed by atoms with Crippen LogP contribution in [0.3, 0.4) is 0 Å². The number of carboxylic acid groups (broad SMARTS) is 1. The zero-order valence-electron chi connectivity index (χ0n) is 5.50. The molecule has 0 aromatic rings. The Labute approximate surface area is 58.8 Å². The predicted octanol–water partition coefficient (Wildman–Crippen LogP) is -0.224. The molecule has 0 heterocycles. The average molecular weight is 142 g/mol. The minimum Gasteiger partial charge on any atom is -0.478 e. The zero-order valence-corrected chi connectivity index (χ0v) is 5.50. The van der Waals surface area contributed by atoms with Crippen molar-refractivity contribution in [2.75, 3.05) is 0 Å². The largest absolute Gasteiger partial charge is 0.478 e. The lowest BCUT2D eigenvalue weighted by Gasteiger charge is -1.98. The van der Waals surface area contributed by atoms with Gasteiger partial charge in [-0.3, -0.25) is 0 Å². The van der Waals surface area contributed by atoms with E-state index in [1.165, 1.54) is 6.08 Å². The van der Waals surface area contributed by atoms with E-state index in [2.05, 4.69) is 6.58 Å². The van der Waals surface area contributed by atoms with Gasteiger partial charge in [0.2, 0.25) is 0 Å². The van der Waals surface area contributed by atoms with E-state index in [4.69, 9.17) is 16.6 Å². The third kappa shape index (κ3) is 2.21. The fraction of sp³-hybridized carbons (Fsp3) is 0.167. The summed E-state index contributed by atoms with van der Waals surface area (Å²) < 4.78 is 0. The lowest BCUT2D eigenvalue weighted by atomic mass is 10.2. The van der Waals surface area contributed by atoms with Crippen LogP contribution in [0, 0.1) is 0 Å². The van der Waals surface area contributed by atoms with E-state index in [9.17, 15) is 4.79 Å². The molecule has 0 aromatic carbocycles. The Morgan fingerprint density at radius 3 is 2.20 bits per heavy atom. The maximum atomic E-state index is 10.3. The Morgan fingerprint density at radius 1 is 1.60 bits per heavy atom. The molecule has 10 heavy (non-hydrogen) atoms. The highest BCUT2D eigenvalue weighted by Gasteiger charge is 2.07. The fourth-order valence-electron chi connectivity index (χ4n) is 0.473. The minimum absolute atomic E-state index is 0.00463. The van der Waals surface area contributed by atoms with Gasteiger partial charge in [-0.05, 0) is 0 Å². The maximum absolute atomic E-state index is 10.3. The summed E-state index contributed by atoms with van der Waals surface area (Å²) in [7, 11) is 0. The maximum Gasteiger partial charge on any atom is 0.335 e. The van der Waals surface area contributed by atoms with Gasteiger partial charge in [0.1, 0.15) is 5.82 Å². The van der Waals surface area contributed by atoms with E-state index < -0.39 is 5.97 Å². The SMILES string of the molecule is C=CCC(C(=O)O)=C(N)N. The molecule has 0 atom stereocenters. The van der Waals surface area contributed by atoms with Gasteiger partial charge in [0.05, 0.1) is 5.57 Å². The van der Waals surface area contributed by atoms with Crippen molar-refractivity contribution >= 4 is 5.97 Å². The number of carbonyl (C=O) groups is 1. The molecule has 0 radical (unpaired) electrons. The first-order chi connectivity index (χ1) is 4.59. The van der Waals surface area contributed by atoms with Crippen LogP contribution in [0.15, 0.2) is 24.0 Å². The van der Waals surface area contributed by atoms with Crippen LogP contribution in [0.1, 0.15) is 6.42 Å². The summed E-state index contributed by atoms with van der Waals surface area (Å²) in [6.07, 6.45) is 1.63. The lowest BCUT2D eigenvalue weighted by molar-refractivity contribution is -0.132. The van der Waals surface area contributed by atoms with Gasteiger partial charge in [0.25, 0.3) is 0 Å². The van der Waals surface area contributed by atoms with Gasteiger partial charge in [0.15, 0.2) is 0 Å². The molecular formula is C6H10N2O2. The Balaban J connectivity index is 4.42. The first-order valence-electron chi connectivity index (χ1n) is 2.68. The van der Waals surface area contributed by atoms with E-state index in [0.717, 1.165) is 0 Å². The summed E-state index contributed by atoms with van der Waals surface area (Å²) in [5, 5.41) is 8.41. The molecular weight excluding hydrogens is 132 g/mol. The van der Waals surface area contributed by atoms with Crippen LogP contribution >= 0.6 is 0 Å². The van der Waals surface area contributed by atoms with E-state index in [1.54, 1.807) is 0 Å². The number of rotatable bonds is 3. The van der Waals surface area contributed by atoms with Crippen molar-refractivity contribution in [1.29, 1.82) is 0 Å². The van der Waals surface area contributed by atoms with Crippen molar-refractivity contribution < 1.29 is 9.90 Å². The van der Waals surface area contributed by atoms with Crippen LogP contribution in [-0.2, 0) is 4.79 Å². The second-order valence-electron chi connectivity index (χ2n) is 1.73. The summed E-state index contributed by atoms with van der Waals surface area (Å²) in [5.74, 6) is -1.26. The average Bonchev–Trinajstić information content (AvgIpc) is 1.81. The molecule has 0 amide bonds. The topological polar surface area (TPSA) is 89.3 Å². The van der Waals surface area contributed by atoms with Crippen LogP contribution in [0.2, 0.25) is 0 Å². The second-order valence-corrected chi connectivity index (χ2v) is 1.73. The number of hydrogen-bond acceptors (Lipinski definition) is 3. The van der Waals surface area contributed by atoms with Crippen molar-refractivity contribution in [1.82, 2.24) is 0 Å². The van der Waals surface area contributed by atoms with E-state index in [-0.39, 0.29) is 17.8 Å². The van der Waals surface area contributed by atoms with Crippen LogP contribution in [0.25, 0.3) is 0 Å². The number of aliphatic carboxylic acids is 1. The molecule has 4 heteroatoms. The second kappa shape index (κ2) is 3.55. The summed E-state index contributed by atoms with van der Waals surface area (Å²) >= 11 is 0. The molecule has 0 aromatic heterocycles. The van der Waals surface area contributed by atoms with Crippen molar-refractivity contribution in [3.05, 3.63) is 24.0 Å². The van der Waals surface area contributed by atoms with Gasteiger partial charge < -0.3 is 16.6 Å². The summed E-state index contributed by atoms with van der Waals surface area (Å²) in [6.45, 7) is 3.36. The molecule has 0 saturated heterocycles. The predicted molar refractivity (Wildman–Crippen MR) is 37.9 cm³/mol. The zero-order chi connectivity index (χ0) is 8.15. The molecule has 0 spiro atoms. The summed E-state index contributed by atoms with van der Waals surface area (Å²) in [4.78, 5) is 10.3. The highest BCUT2D eigenvalue weighted by Crippen LogP contribution is 2.01. The minimum atomic E-state index is -1.10. The molecule has 0 rings (SSSR count). The molecule has 5 N–H and O–H groups in total. The van der Waals surface area contributed by atoms with Gasteiger partial charge in [-0.2, -0.15) is 0 Å². The quantitative estimate of drug-likeness (QED) is 0.375. The van der Waals surface area contributed by atoms with E-state index in [1.807, 2.05) is 0 Å². The third-order valence-electron chi connectivity index (χ3n) is 0.955.